The van der Waals surface area contributed by atoms with Gasteiger partial charge in [-0.1, -0.05) is 41.7 Å². The van der Waals surface area contributed by atoms with E-state index in [1.165, 1.54) is 0 Å². The van der Waals surface area contributed by atoms with Crippen molar-refractivity contribution in [3.05, 3.63) is 47.0 Å². The maximum absolute atomic E-state index is 12.7. The van der Waals surface area contributed by atoms with Gasteiger partial charge in [-0.2, -0.15) is 13.2 Å². The van der Waals surface area contributed by atoms with Gasteiger partial charge in [-0.25, -0.2) is 4.98 Å². The molecule has 1 fully saturated rings. The van der Waals surface area contributed by atoms with E-state index in [-0.39, 0.29) is 0 Å². The van der Waals surface area contributed by atoms with Crippen molar-refractivity contribution in [3.8, 4) is 0 Å². The maximum Gasteiger partial charge on any atom is 0.427 e. The zero-order chi connectivity index (χ0) is 17.2. The summed E-state index contributed by atoms with van der Waals surface area (Å²) in [6.45, 7) is 3.10. The summed E-state index contributed by atoms with van der Waals surface area (Å²) in [4.78, 5) is 7.21. The number of nitrogens with zero attached hydrogens (tertiary/aromatic N) is 3. The average Bonchev–Trinajstić information content (AvgIpc) is 3.07. The fraction of sp³-hybridized carbons (Fsp3) is 0.438. The molecule has 8 heteroatoms. The molecule has 1 aliphatic rings. The molecule has 2 aromatic rings. The molecular formula is C16H18F3N3OS. The van der Waals surface area contributed by atoms with Gasteiger partial charge in [0, 0.05) is 32.7 Å². The van der Waals surface area contributed by atoms with Crippen LogP contribution in [0, 0.1) is 0 Å². The minimum absolute atomic E-state index is 0.408. The molecule has 130 valence electrons. The molecule has 0 amide bonds. The Morgan fingerprint density at radius 3 is 2.38 bits per heavy atom. The van der Waals surface area contributed by atoms with Crippen LogP contribution in [0.1, 0.15) is 16.5 Å². The van der Waals surface area contributed by atoms with Crippen molar-refractivity contribution in [3.63, 3.8) is 0 Å². The fourth-order valence-electron chi connectivity index (χ4n) is 2.69. The van der Waals surface area contributed by atoms with Gasteiger partial charge in [0.15, 0.2) is 5.13 Å². The van der Waals surface area contributed by atoms with Crippen LogP contribution in [0.5, 0.6) is 0 Å². The summed E-state index contributed by atoms with van der Waals surface area (Å²) in [5, 5.41) is 10.7. The number of piperazine rings is 1. The van der Waals surface area contributed by atoms with Crippen molar-refractivity contribution < 1.29 is 18.3 Å². The van der Waals surface area contributed by atoms with Crippen molar-refractivity contribution in [2.24, 2.45) is 0 Å². The average molecular weight is 357 g/mol. The summed E-state index contributed by atoms with van der Waals surface area (Å²) in [5.41, 5.74) is 0.870. The molecule has 1 aromatic carbocycles. The number of benzene rings is 1. The van der Waals surface area contributed by atoms with Crippen LogP contribution >= 0.6 is 11.3 Å². The summed E-state index contributed by atoms with van der Waals surface area (Å²) >= 11 is 0.680. The van der Waals surface area contributed by atoms with Crippen LogP contribution in [-0.2, 0) is 6.18 Å². The van der Waals surface area contributed by atoms with Gasteiger partial charge in [0.05, 0.1) is 12.3 Å². The molecule has 1 aromatic heterocycles. The molecule has 1 aliphatic heterocycles. The number of anilines is 1. The Balaban J connectivity index is 1.53. The highest BCUT2D eigenvalue weighted by Crippen LogP contribution is 2.36. The Hall–Kier alpha value is -1.64. The normalized spacial score (nSPS) is 17.9. The predicted octanol–water partition coefficient (Wildman–Crippen LogP) is 3.02. The molecular weight excluding hydrogens is 339 g/mol. The molecule has 0 saturated carbocycles. The van der Waals surface area contributed by atoms with Crippen molar-refractivity contribution in [1.82, 2.24) is 9.88 Å². The lowest BCUT2D eigenvalue weighted by Crippen LogP contribution is -2.47. The van der Waals surface area contributed by atoms with Crippen LogP contribution in [0.15, 0.2) is 36.5 Å². The molecule has 0 spiro atoms. The Morgan fingerprint density at radius 1 is 1.12 bits per heavy atom. The summed E-state index contributed by atoms with van der Waals surface area (Å²) in [6.07, 6.45) is -4.00. The quantitative estimate of drug-likeness (QED) is 0.913. The first kappa shape index (κ1) is 17.2. The minimum Gasteiger partial charge on any atom is -0.387 e. The molecule has 24 heavy (non-hydrogen) atoms. The standard InChI is InChI=1S/C16H18F3N3OS/c17-16(18,19)14-10-20-15(24-14)22-8-6-21(7-9-22)11-13(23)12-4-2-1-3-5-12/h1-5,10,13,23H,6-9,11H2. The number of aliphatic hydroxyl groups is 1. The molecule has 0 bridgehead atoms. The molecule has 4 nitrogen and oxygen atoms in total. The third-order valence-corrected chi connectivity index (χ3v) is 5.13. The van der Waals surface area contributed by atoms with E-state index in [4.69, 9.17) is 0 Å². The van der Waals surface area contributed by atoms with Crippen LogP contribution in [0.3, 0.4) is 0 Å². The largest absolute Gasteiger partial charge is 0.427 e. The van der Waals surface area contributed by atoms with Gasteiger partial charge in [-0.3, -0.25) is 4.90 Å². The molecule has 1 saturated heterocycles. The SMILES string of the molecule is OC(CN1CCN(c2ncc(C(F)(F)F)s2)CC1)c1ccccc1. The van der Waals surface area contributed by atoms with Gasteiger partial charge in [0.25, 0.3) is 0 Å². The highest BCUT2D eigenvalue weighted by molar-refractivity contribution is 7.15. The lowest BCUT2D eigenvalue weighted by Gasteiger charge is -2.35. The monoisotopic (exact) mass is 357 g/mol. The zero-order valence-electron chi connectivity index (χ0n) is 12.9. The van der Waals surface area contributed by atoms with E-state index in [2.05, 4.69) is 9.88 Å². The second-order valence-corrected chi connectivity index (χ2v) is 6.73. The topological polar surface area (TPSA) is 39.6 Å². The number of hydrogen-bond donors (Lipinski definition) is 1. The third-order valence-electron chi connectivity index (χ3n) is 4.03. The Kier molecular flexibility index (Phi) is 5.07. The van der Waals surface area contributed by atoms with Crippen LogP contribution in [-0.4, -0.2) is 47.7 Å². The number of β-amino-alcohol motifs (C(OH)–C–C–N with tert-alkyl or cyclic N) is 1. The first-order valence-electron chi connectivity index (χ1n) is 7.67. The fourth-order valence-corrected chi connectivity index (χ4v) is 3.52. The zero-order valence-corrected chi connectivity index (χ0v) is 13.7. The number of aliphatic hydroxyl groups excluding tert-OH is 1. The molecule has 2 heterocycles. The molecule has 1 N–H and O–H groups in total. The number of thiazole rings is 1. The van der Waals surface area contributed by atoms with Gasteiger partial charge in [-0.05, 0) is 5.56 Å². The summed E-state index contributed by atoms with van der Waals surface area (Å²) in [7, 11) is 0. The second kappa shape index (κ2) is 7.08. The lowest BCUT2D eigenvalue weighted by molar-refractivity contribution is -0.134. The molecule has 3 rings (SSSR count). The van der Waals surface area contributed by atoms with Crippen LogP contribution in [0.2, 0.25) is 0 Å². The first-order chi connectivity index (χ1) is 11.4. The first-order valence-corrected chi connectivity index (χ1v) is 8.48. The molecule has 1 atom stereocenters. The molecule has 0 radical (unpaired) electrons. The van der Waals surface area contributed by atoms with Gasteiger partial charge in [-0.15, -0.1) is 0 Å². The van der Waals surface area contributed by atoms with Gasteiger partial charge >= 0.3 is 6.18 Å². The Bertz CT molecular complexity index is 654. The number of halogens is 3. The second-order valence-electron chi connectivity index (χ2n) is 5.72. The van der Waals surface area contributed by atoms with E-state index in [0.717, 1.165) is 11.8 Å². The van der Waals surface area contributed by atoms with Crippen LogP contribution < -0.4 is 4.90 Å². The predicted molar refractivity (Wildman–Crippen MR) is 87.2 cm³/mol. The minimum atomic E-state index is -4.34. The smallest absolute Gasteiger partial charge is 0.387 e. The van der Waals surface area contributed by atoms with Gasteiger partial charge < -0.3 is 10.0 Å². The van der Waals surface area contributed by atoms with Crippen LogP contribution in [0.25, 0.3) is 0 Å². The number of rotatable bonds is 4. The van der Waals surface area contributed by atoms with Crippen molar-refractivity contribution in [1.29, 1.82) is 0 Å². The van der Waals surface area contributed by atoms with Crippen molar-refractivity contribution in [2.45, 2.75) is 12.3 Å². The maximum atomic E-state index is 12.7. The Morgan fingerprint density at radius 2 is 1.79 bits per heavy atom. The lowest BCUT2D eigenvalue weighted by atomic mass is 10.1. The molecule has 1 unspecified atom stereocenters. The van der Waals surface area contributed by atoms with E-state index in [1.807, 2.05) is 35.2 Å². The summed E-state index contributed by atoms with van der Waals surface area (Å²) in [6, 6.07) is 9.44. The van der Waals surface area contributed by atoms with E-state index in [1.54, 1.807) is 0 Å². The van der Waals surface area contributed by atoms with E-state index < -0.39 is 17.2 Å². The Labute approximate surface area is 142 Å². The molecule has 0 aliphatic carbocycles. The van der Waals surface area contributed by atoms with Crippen molar-refractivity contribution >= 4 is 16.5 Å². The van der Waals surface area contributed by atoms with E-state index in [9.17, 15) is 18.3 Å². The van der Waals surface area contributed by atoms with Gasteiger partial charge in [0.1, 0.15) is 4.88 Å². The highest BCUT2D eigenvalue weighted by atomic mass is 32.1. The van der Waals surface area contributed by atoms with E-state index in [0.29, 0.717) is 49.2 Å². The number of alkyl halides is 3. The van der Waals surface area contributed by atoms with Gasteiger partial charge in [0.2, 0.25) is 0 Å². The van der Waals surface area contributed by atoms with Crippen LogP contribution in [0.4, 0.5) is 18.3 Å². The van der Waals surface area contributed by atoms with Crippen molar-refractivity contribution in [2.75, 3.05) is 37.6 Å². The number of hydrogen-bond acceptors (Lipinski definition) is 5. The van der Waals surface area contributed by atoms with E-state index >= 15 is 0 Å². The third kappa shape index (κ3) is 4.06. The number of aromatic nitrogens is 1. The summed E-state index contributed by atoms with van der Waals surface area (Å²) in [5.74, 6) is 0. The summed E-state index contributed by atoms with van der Waals surface area (Å²) < 4.78 is 38.0. The highest BCUT2D eigenvalue weighted by Gasteiger charge is 2.34.